The zero-order valence-corrected chi connectivity index (χ0v) is 15.8. The second kappa shape index (κ2) is 9.32. The molecule has 2 amide bonds. The average Bonchev–Trinajstić information content (AvgIpc) is 2.74. The summed E-state index contributed by atoms with van der Waals surface area (Å²) in [6, 6.07) is 21.8. The number of benzene rings is 3. The molecule has 28 heavy (non-hydrogen) atoms. The van der Waals surface area contributed by atoms with E-state index in [9.17, 15) is 4.79 Å². The minimum atomic E-state index is -0.342. The summed E-state index contributed by atoms with van der Waals surface area (Å²) in [4.78, 5) is 12.4. The summed E-state index contributed by atoms with van der Waals surface area (Å²) < 4.78 is 16.4. The molecule has 144 valence electrons. The Kier molecular flexibility index (Phi) is 6.36. The number of amides is 2. The molecule has 0 heterocycles. The highest BCUT2D eigenvalue weighted by molar-refractivity contribution is 5.90. The SMILES string of the molecule is COc1cc(CNC(=O)Nc2ccccc2Oc2ccccc2)cc(OC)c1. The third-order valence-electron chi connectivity index (χ3n) is 3.97. The fourth-order valence-corrected chi connectivity index (χ4v) is 2.59. The predicted molar refractivity (Wildman–Crippen MR) is 108 cm³/mol. The molecule has 3 aromatic carbocycles. The monoisotopic (exact) mass is 378 g/mol. The first-order valence-electron chi connectivity index (χ1n) is 8.76. The number of rotatable bonds is 7. The van der Waals surface area contributed by atoms with E-state index < -0.39 is 0 Å². The van der Waals surface area contributed by atoms with Gasteiger partial charge < -0.3 is 24.8 Å². The lowest BCUT2D eigenvalue weighted by atomic mass is 10.2. The standard InChI is InChI=1S/C22H22N2O4/c1-26-18-12-16(13-19(14-18)27-2)15-23-22(25)24-20-10-6-7-11-21(20)28-17-8-4-3-5-9-17/h3-14H,15H2,1-2H3,(H2,23,24,25). The van der Waals surface area contributed by atoms with Gasteiger partial charge in [-0.3, -0.25) is 0 Å². The molecule has 3 rings (SSSR count). The van der Waals surface area contributed by atoms with Crippen LogP contribution in [0.25, 0.3) is 0 Å². The Morgan fingerprint density at radius 1 is 0.821 bits per heavy atom. The molecule has 0 aromatic heterocycles. The van der Waals surface area contributed by atoms with Crippen LogP contribution in [0.1, 0.15) is 5.56 Å². The third-order valence-corrected chi connectivity index (χ3v) is 3.97. The zero-order valence-electron chi connectivity index (χ0n) is 15.8. The number of methoxy groups -OCH3 is 2. The summed E-state index contributed by atoms with van der Waals surface area (Å²) in [5, 5.41) is 5.65. The minimum Gasteiger partial charge on any atom is -0.497 e. The maximum absolute atomic E-state index is 12.4. The fourth-order valence-electron chi connectivity index (χ4n) is 2.59. The summed E-state index contributed by atoms with van der Waals surface area (Å²) in [7, 11) is 3.17. The van der Waals surface area contributed by atoms with Gasteiger partial charge >= 0.3 is 6.03 Å². The second-order valence-corrected chi connectivity index (χ2v) is 5.94. The molecular weight excluding hydrogens is 356 g/mol. The lowest BCUT2D eigenvalue weighted by Gasteiger charge is -2.13. The van der Waals surface area contributed by atoms with Crippen molar-refractivity contribution in [3.05, 3.63) is 78.4 Å². The Balaban J connectivity index is 1.64. The summed E-state index contributed by atoms with van der Waals surface area (Å²) in [5.41, 5.74) is 1.44. The molecular formula is C22H22N2O4. The van der Waals surface area contributed by atoms with Gasteiger partial charge in [0.1, 0.15) is 17.2 Å². The molecule has 0 bridgehead atoms. The van der Waals surface area contributed by atoms with Gasteiger partial charge in [0.15, 0.2) is 5.75 Å². The molecule has 0 aliphatic carbocycles. The van der Waals surface area contributed by atoms with Crippen LogP contribution in [0.2, 0.25) is 0 Å². The van der Waals surface area contributed by atoms with E-state index in [1.807, 2.05) is 54.6 Å². The van der Waals surface area contributed by atoms with E-state index in [1.165, 1.54) is 0 Å². The Labute approximate surface area is 164 Å². The van der Waals surface area contributed by atoms with Crippen LogP contribution in [0.15, 0.2) is 72.8 Å². The van der Waals surface area contributed by atoms with E-state index in [2.05, 4.69) is 10.6 Å². The summed E-state index contributed by atoms with van der Waals surface area (Å²) >= 11 is 0. The average molecular weight is 378 g/mol. The van der Waals surface area contributed by atoms with Crippen LogP contribution < -0.4 is 24.8 Å². The van der Waals surface area contributed by atoms with Crippen LogP contribution in [0, 0.1) is 0 Å². The van der Waals surface area contributed by atoms with Gasteiger partial charge in [-0.05, 0) is 42.0 Å². The van der Waals surface area contributed by atoms with Crippen molar-refractivity contribution in [1.82, 2.24) is 5.32 Å². The number of nitrogens with one attached hydrogen (secondary N) is 2. The molecule has 0 unspecified atom stereocenters. The zero-order chi connectivity index (χ0) is 19.8. The van der Waals surface area contributed by atoms with Gasteiger partial charge in [0.2, 0.25) is 0 Å². The van der Waals surface area contributed by atoms with Crippen molar-refractivity contribution < 1.29 is 19.0 Å². The van der Waals surface area contributed by atoms with Gasteiger partial charge in [-0.15, -0.1) is 0 Å². The number of carbonyl (C=O) groups is 1. The van der Waals surface area contributed by atoms with E-state index in [0.29, 0.717) is 35.2 Å². The topological polar surface area (TPSA) is 68.8 Å². The van der Waals surface area contributed by atoms with Crippen molar-refractivity contribution in [2.24, 2.45) is 0 Å². The molecule has 0 radical (unpaired) electrons. The third kappa shape index (κ3) is 5.17. The Morgan fingerprint density at radius 3 is 2.14 bits per heavy atom. The van der Waals surface area contributed by atoms with E-state index >= 15 is 0 Å². The van der Waals surface area contributed by atoms with Crippen LogP contribution >= 0.6 is 0 Å². The van der Waals surface area contributed by atoms with Crippen LogP contribution in [0.4, 0.5) is 10.5 Å². The van der Waals surface area contributed by atoms with Crippen molar-refractivity contribution >= 4 is 11.7 Å². The highest BCUT2D eigenvalue weighted by Gasteiger charge is 2.09. The molecule has 0 aliphatic rings. The molecule has 0 fully saturated rings. The maximum atomic E-state index is 12.4. The molecule has 2 N–H and O–H groups in total. The quantitative estimate of drug-likeness (QED) is 0.619. The van der Waals surface area contributed by atoms with Crippen LogP contribution in [-0.2, 0) is 6.54 Å². The lowest BCUT2D eigenvalue weighted by molar-refractivity contribution is 0.251. The molecule has 6 heteroatoms. The van der Waals surface area contributed by atoms with Crippen molar-refractivity contribution in [2.45, 2.75) is 6.54 Å². The number of para-hydroxylation sites is 3. The smallest absolute Gasteiger partial charge is 0.319 e. The highest BCUT2D eigenvalue weighted by Crippen LogP contribution is 2.29. The number of urea groups is 1. The minimum absolute atomic E-state index is 0.321. The molecule has 3 aromatic rings. The predicted octanol–water partition coefficient (Wildman–Crippen LogP) is 4.82. The largest absolute Gasteiger partial charge is 0.497 e. The van der Waals surface area contributed by atoms with Gasteiger partial charge in [-0.2, -0.15) is 0 Å². The van der Waals surface area contributed by atoms with Crippen molar-refractivity contribution in [3.63, 3.8) is 0 Å². The molecule has 0 aliphatic heterocycles. The van der Waals surface area contributed by atoms with Crippen molar-refractivity contribution in [1.29, 1.82) is 0 Å². The maximum Gasteiger partial charge on any atom is 0.319 e. The second-order valence-electron chi connectivity index (χ2n) is 5.94. The van der Waals surface area contributed by atoms with Gasteiger partial charge in [-0.1, -0.05) is 30.3 Å². The fraction of sp³-hybridized carbons (Fsp3) is 0.136. The van der Waals surface area contributed by atoms with E-state index in [0.717, 1.165) is 5.56 Å². The molecule has 0 saturated carbocycles. The lowest BCUT2D eigenvalue weighted by Crippen LogP contribution is -2.28. The van der Waals surface area contributed by atoms with E-state index in [1.54, 1.807) is 32.4 Å². The first-order valence-corrected chi connectivity index (χ1v) is 8.76. The summed E-state index contributed by atoms with van der Waals surface area (Å²) in [6.45, 7) is 0.321. The Bertz CT molecular complexity index is 907. The van der Waals surface area contributed by atoms with E-state index in [4.69, 9.17) is 14.2 Å². The number of hydrogen-bond acceptors (Lipinski definition) is 4. The number of ether oxygens (including phenoxy) is 3. The first-order chi connectivity index (χ1) is 13.7. The Hall–Kier alpha value is -3.67. The number of carbonyl (C=O) groups excluding carboxylic acids is 1. The summed E-state index contributed by atoms with van der Waals surface area (Å²) in [5.74, 6) is 2.59. The molecule has 0 saturated heterocycles. The van der Waals surface area contributed by atoms with Gasteiger partial charge in [0.25, 0.3) is 0 Å². The first kappa shape index (κ1) is 19.1. The van der Waals surface area contributed by atoms with E-state index in [-0.39, 0.29) is 6.03 Å². The molecule has 6 nitrogen and oxygen atoms in total. The number of anilines is 1. The van der Waals surface area contributed by atoms with Crippen LogP contribution in [0.3, 0.4) is 0 Å². The normalized spacial score (nSPS) is 10.1. The van der Waals surface area contributed by atoms with Gasteiger partial charge in [0, 0.05) is 12.6 Å². The van der Waals surface area contributed by atoms with Gasteiger partial charge in [0.05, 0.1) is 19.9 Å². The highest BCUT2D eigenvalue weighted by atomic mass is 16.5. The molecule has 0 spiro atoms. The van der Waals surface area contributed by atoms with Gasteiger partial charge in [-0.25, -0.2) is 4.79 Å². The molecule has 0 atom stereocenters. The Morgan fingerprint density at radius 2 is 1.46 bits per heavy atom. The van der Waals surface area contributed by atoms with Crippen LogP contribution in [0.5, 0.6) is 23.0 Å². The number of hydrogen-bond donors (Lipinski definition) is 2. The summed E-state index contributed by atoms with van der Waals surface area (Å²) in [6.07, 6.45) is 0. The van der Waals surface area contributed by atoms with Crippen molar-refractivity contribution in [3.8, 4) is 23.0 Å². The van der Waals surface area contributed by atoms with Crippen molar-refractivity contribution in [2.75, 3.05) is 19.5 Å². The van der Waals surface area contributed by atoms with Crippen LogP contribution in [-0.4, -0.2) is 20.3 Å².